The van der Waals surface area contributed by atoms with Crippen LogP contribution in [0.4, 0.5) is 11.5 Å². The highest BCUT2D eigenvalue weighted by atomic mass is 35.5. The van der Waals surface area contributed by atoms with Crippen LogP contribution < -0.4 is 20.1 Å². The van der Waals surface area contributed by atoms with E-state index in [1.807, 2.05) is 0 Å². The highest BCUT2D eigenvalue weighted by Crippen LogP contribution is 2.22. The number of hydrogen-bond acceptors (Lipinski definition) is 7. The lowest BCUT2D eigenvalue weighted by atomic mass is 10.1. The molecule has 0 atom stereocenters. The number of carbonyl (C=O) groups is 1. The fraction of sp³-hybridized carbons (Fsp3) is 0.100. The van der Waals surface area contributed by atoms with E-state index in [0.29, 0.717) is 10.7 Å². The van der Waals surface area contributed by atoms with Crippen LogP contribution in [0.2, 0.25) is 5.02 Å². The number of thiocarbonyl (C=S) groups is 1. The summed E-state index contributed by atoms with van der Waals surface area (Å²) < 4.78 is 32.5. The minimum Gasteiger partial charge on any atom is -0.478 e. The van der Waals surface area contributed by atoms with Crippen molar-refractivity contribution in [2.24, 2.45) is 0 Å². The number of aromatic nitrogens is 2. The Balaban J connectivity index is 1.59. The van der Waals surface area contributed by atoms with Crippen molar-refractivity contribution in [1.82, 2.24) is 15.3 Å². The number of amides is 1. The van der Waals surface area contributed by atoms with Gasteiger partial charge in [0.05, 0.1) is 18.4 Å². The molecular weight excluding hydrogens is 474 g/mol. The first-order valence-electron chi connectivity index (χ1n) is 9.10. The van der Waals surface area contributed by atoms with E-state index >= 15 is 0 Å². The van der Waals surface area contributed by atoms with Crippen molar-refractivity contribution in [3.8, 4) is 5.88 Å². The quantitative estimate of drug-likeness (QED) is 0.431. The van der Waals surface area contributed by atoms with Crippen LogP contribution in [0.1, 0.15) is 5.56 Å². The standard InChI is InChI=1S/C20H18ClN5O4S2/c1-30-19-18(22-10-11-23-19)26-32(28,29)16-8-6-15(7-9-16)24-20(31)25-17(27)12-13-2-4-14(21)5-3-13/h2-11H,12H2,1H3,(H,22,26)(H2,24,25,27,31). The van der Waals surface area contributed by atoms with Crippen molar-refractivity contribution >= 4 is 56.4 Å². The van der Waals surface area contributed by atoms with E-state index in [9.17, 15) is 13.2 Å². The molecule has 1 heterocycles. The largest absolute Gasteiger partial charge is 0.478 e. The molecule has 0 spiro atoms. The van der Waals surface area contributed by atoms with E-state index in [2.05, 4.69) is 25.3 Å². The van der Waals surface area contributed by atoms with Crippen molar-refractivity contribution in [3.63, 3.8) is 0 Å². The molecule has 32 heavy (non-hydrogen) atoms. The third-order valence-corrected chi connectivity index (χ3v) is 5.85. The summed E-state index contributed by atoms with van der Waals surface area (Å²) in [6.45, 7) is 0. The molecule has 3 rings (SSSR count). The van der Waals surface area contributed by atoms with Gasteiger partial charge in [-0.15, -0.1) is 0 Å². The predicted octanol–water partition coefficient (Wildman–Crippen LogP) is 3.00. The molecule has 12 heteroatoms. The molecule has 0 aliphatic heterocycles. The molecule has 0 aliphatic carbocycles. The van der Waals surface area contributed by atoms with Crippen LogP contribution >= 0.6 is 23.8 Å². The number of carbonyl (C=O) groups excluding carboxylic acids is 1. The summed E-state index contributed by atoms with van der Waals surface area (Å²) in [6, 6.07) is 12.7. The normalized spacial score (nSPS) is 10.8. The van der Waals surface area contributed by atoms with E-state index in [4.69, 9.17) is 28.6 Å². The summed E-state index contributed by atoms with van der Waals surface area (Å²) in [5.41, 5.74) is 1.29. The number of halogens is 1. The SMILES string of the molecule is COc1nccnc1NS(=O)(=O)c1ccc(NC(=S)NC(=O)Cc2ccc(Cl)cc2)cc1. The Bertz CT molecular complexity index is 1220. The van der Waals surface area contributed by atoms with Gasteiger partial charge in [-0.2, -0.15) is 0 Å². The van der Waals surface area contributed by atoms with Gasteiger partial charge in [0.15, 0.2) is 5.11 Å². The van der Waals surface area contributed by atoms with Crippen molar-refractivity contribution in [1.29, 1.82) is 0 Å². The molecule has 3 N–H and O–H groups in total. The van der Waals surface area contributed by atoms with Gasteiger partial charge >= 0.3 is 0 Å². The molecule has 9 nitrogen and oxygen atoms in total. The number of hydrogen-bond donors (Lipinski definition) is 3. The van der Waals surface area contributed by atoms with Gasteiger partial charge in [-0.3, -0.25) is 9.52 Å². The second kappa shape index (κ2) is 10.4. The van der Waals surface area contributed by atoms with Crippen molar-refractivity contribution in [3.05, 3.63) is 71.5 Å². The lowest BCUT2D eigenvalue weighted by Gasteiger charge is -2.12. The lowest BCUT2D eigenvalue weighted by Crippen LogP contribution is -2.35. The van der Waals surface area contributed by atoms with Crippen LogP contribution in [0.3, 0.4) is 0 Å². The van der Waals surface area contributed by atoms with Crippen LogP contribution in [0.5, 0.6) is 5.88 Å². The average Bonchev–Trinajstić information content (AvgIpc) is 2.75. The summed E-state index contributed by atoms with van der Waals surface area (Å²) in [4.78, 5) is 19.9. The smallest absolute Gasteiger partial charge is 0.263 e. The van der Waals surface area contributed by atoms with E-state index in [1.54, 1.807) is 24.3 Å². The zero-order valence-corrected chi connectivity index (χ0v) is 19.1. The Labute approximate surface area is 195 Å². The van der Waals surface area contributed by atoms with E-state index in [0.717, 1.165) is 5.56 Å². The molecule has 0 fully saturated rings. The van der Waals surface area contributed by atoms with Crippen LogP contribution in [0, 0.1) is 0 Å². The van der Waals surface area contributed by atoms with Crippen LogP contribution in [0.25, 0.3) is 0 Å². The summed E-state index contributed by atoms with van der Waals surface area (Å²) in [5.74, 6) is -0.276. The first-order valence-corrected chi connectivity index (χ1v) is 11.4. The molecular formula is C20H18ClN5O4S2. The van der Waals surface area contributed by atoms with E-state index in [1.165, 1.54) is 43.8 Å². The molecule has 3 aromatic rings. The second-order valence-electron chi connectivity index (χ2n) is 6.35. The maximum absolute atomic E-state index is 12.6. The molecule has 0 unspecified atom stereocenters. The lowest BCUT2D eigenvalue weighted by molar-refractivity contribution is -0.119. The Morgan fingerprint density at radius 1 is 1.06 bits per heavy atom. The minimum absolute atomic E-state index is 0.00607. The topological polar surface area (TPSA) is 122 Å². The summed E-state index contributed by atoms with van der Waals surface area (Å²) in [5, 5.41) is 6.08. The molecule has 0 saturated carbocycles. The summed E-state index contributed by atoms with van der Waals surface area (Å²) in [7, 11) is -2.56. The van der Waals surface area contributed by atoms with Gasteiger partial charge in [0.2, 0.25) is 11.7 Å². The van der Waals surface area contributed by atoms with Gasteiger partial charge in [-0.1, -0.05) is 23.7 Å². The average molecular weight is 492 g/mol. The number of rotatable bonds is 7. The van der Waals surface area contributed by atoms with Gasteiger partial charge in [-0.25, -0.2) is 18.4 Å². The van der Waals surface area contributed by atoms with Gasteiger partial charge in [0, 0.05) is 23.1 Å². The molecule has 0 saturated heterocycles. The van der Waals surface area contributed by atoms with Gasteiger partial charge in [0.1, 0.15) is 0 Å². The summed E-state index contributed by atoms with van der Waals surface area (Å²) in [6.07, 6.45) is 2.86. The number of nitrogens with one attached hydrogen (secondary N) is 3. The fourth-order valence-corrected chi connectivity index (χ4v) is 3.93. The number of nitrogens with zero attached hydrogens (tertiary/aromatic N) is 2. The number of methoxy groups -OCH3 is 1. The zero-order valence-electron chi connectivity index (χ0n) is 16.7. The van der Waals surface area contributed by atoms with Gasteiger partial charge in [-0.05, 0) is 54.2 Å². The second-order valence-corrected chi connectivity index (χ2v) is 8.88. The Hall–Kier alpha value is -3.28. The minimum atomic E-state index is -3.92. The fourth-order valence-electron chi connectivity index (χ4n) is 2.57. The van der Waals surface area contributed by atoms with Crippen LogP contribution in [-0.2, 0) is 21.2 Å². The maximum atomic E-state index is 12.6. The third kappa shape index (κ3) is 6.36. The highest BCUT2D eigenvalue weighted by molar-refractivity contribution is 7.92. The number of sulfonamides is 1. The molecule has 0 radical (unpaired) electrons. The van der Waals surface area contributed by atoms with E-state index in [-0.39, 0.29) is 34.0 Å². The first-order chi connectivity index (χ1) is 15.3. The Morgan fingerprint density at radius 3 is 2.38 bits per heavy atom. The third-order valence-electron chi connectivity index (χ3n) is 4.04. The number of benzene rings is 2. The zero-order chi connectivity index (χ0) is 23.1. The molecule has 0 bridgehead atoms. The molecule has 0 aliphatic rings. The van der Waals surface area contributed by atoms with Crippen molar-refractivity contribution in [2.75, 3.05) is 17.1 Å². The van der Waals surface area contributed by atoms with E-state index < -0.39 is 10.0 Å². The monoisotopic (exact) mass is 491 g/mol. The Morgan fingerprint density at radius 2 is 1.72 bits per heavy atom. The highest BCUT2D eigenvalue weighted by Gasteiger charge is 2.18. The van der Waals surface area contributed by atoms with Crippen LogP contribution in [0.15, 0.2) is 65.8 Å². The van der Waals surface area contributed by atoms with Gasteiger partial charge < -0.3 is 15.4 Å². The number of ether oxygens (including phenoxy) is 1. The van der Waals surface area contributed by atoms with Crippen molar-refractivity contribution in [2.45, 2.75) is 11.3 Å². The molecule has 1 amide bonds. The molecule has 2 aromatic carbocycles. The van der Waals surface area contributed by atoms with Crippen molar-refractivity contribution < 1.29 is 17.9 Å². The van der Waals surface area contributed by atoms with Gasteiger partial charge in [0.25, 0.3) is 15.9 Å². The molecule has 166 valence electrons. The summed E-state index contributed by atoms with van der Waals surface area (Å²) >= 11 is 11.0. The van der Waals surface area contributed by atoms with Crippen LogP contribution in [-0.4, -0.2) is 36.5 Å². The predicted molar refractivity (Wildman–Crippen MR) is 125 cm³/mol. The first kappa shape index (κ1) is 23.4. The molecule has 1 aromatic heterocycles. The Kier molecular flexibility index (Phi) is 7.57. The maximum Gasteiger partial charge on any atom is 0.263 e. The number of anilines is 2.